The molecule has 0 spiro atoms. The van der Waals surface area contributed by atoms with Gasteiger partial charge in [0.15, 0.2) is 0 Å². The monoisotopic (exact) mass is 211 g/mol. The summed E-state index contributed by atoms with van der Waals surface area (Å²) >= 11 is 2.65. The van der Waals surface area contributed by atoms with E-state index in [1.54, 1.807) is 0 Å². The second-order valence-electron chi connectivity index (χ2n) is 1.41. The third-order valence-corrected chi connectivity index (χ3v) is 1.37. The van der Waals surface area contributed by atoms with E-state index in [2.05, 4.69) is 20.9 Å². The van der Waals surface area contributed by atoms with Crippen molar-refractivity contribution >= 4 is 15.9 Å². The number of rotatable bonds is 1. The Balaban J connectivity index is 3.56. The van der Waals surface area contributed by atoms with Crippen molar-refractivity contribution in [3.8, 4) is 0 Å². The second kappa shape index (κ2) is 3.05. The molecule has 0 bridgehead atoms. The molecule has 0 radical (unpaired) electrons. The van der Waals surface area contributed by atoms with Crippen molar-refractivity contribution in [3.05, 3.63) is 28.4 Å². The smallest absolute Gasteiger partial charge is 0.264 e. The van der Waals surface area contributed by atoms with Crippen LogP contribution in [0.4, 0.5) is 8.78 Å². The molecule has 10 heavy (non-hydrogen) atoms. The van der Waals surface area contributed by atoms with Crippen molar-refractivity contribution in [3.63, 3.8) is 0 Å². The Morgan fingerprint density at radius 3 is 3.10 bits per heavy atom. The summed E-state index contributed by atoms with van der Waals surface area (Å²) in [6, 6.07) is -0.840. The number of alkyl halides is 2. The molecule has 0 aliphatic rings. The first-order valence-corrected chi connectivity index (χ1v) is 3.06. The van der Waals surface area contributed by atoms with Crippen molar-refractivity contribution in [1.82, 2.24) is 4.98 Å². The van der Waals surface area contributed by atoms with E-state index in [0.29, 0.717) is 0 Å². The molecule has 1 heterocycles. The van der Waals surface area contributed by atoms with Crippen LogP contribution in [0, 0.1) is 0 Å². The highest BCUT2D eigenvalue weighted by molar-refractivity contribution is 9.10. The molecule has 0 saturated carbocycles. The molecule has 0 aliphatic heterocycles. The van der Waals surface area contributed by atoms with Crippen molar-refractivity contribution in [2.24, 2.45) is 0 Å². The molecule has 1 aromatic heterocycles. The zero-order valence-electron chi connectivity index (χ0n) is 8.58. The van der Waals surface area contributed by atoms with E-state index in [4.69, 9.17) is 5.48 Å². The van der Waals surface area contributed by atoms with Gasteiger partial charge in [-0.2, -0.15) is 0 Å². The number of pyridine rings is 1. The summed E-state index contributed by atoms with van der Waals surface area (Å²) < 4.78 is 52.6. The van der Waals surface area contributed by atoms with Gasteiger partial charge in [0.2, 0.25) is 0 Å². The fourth-order valence-corrected chi connectivity index (χ4v) is 0.740. The fourth-order valence-electron chi connectivity index (χ4n) is 0.402. The van der Waals surface area contributed by atoms with Crippen LogP contribution in [0.3, 0.4) is 0 Å². The summed E-state index contributed by atoms with van der Waals surface area (Å²) in [5, 5.41) is 0. The summed E-state index contributed by atoms with van der Waals surface area (Å²) in [6.07, 6.45) is -5.32. The molecular formula is C6H4BrF2N. The van der Waals surface area contributed by atoms with Gasteiger partial charge in [-0.15, -0.1) is 0 Å². The summed E-state index contributed by atoms with van der Waals surface area (Å²) in [7, 11) is 0. The topological polar surface area (TPSA) is 12.9 Å². The number of aromatic nitrogens is 1. The van der Waals surface area contributed by atoms with Crippen LogP contribution in [0.1, 0.15) is 17.4 Å². The molecular weight excluding hydrogens is 204 g/mol. The van der Waals surface area contributed by atoms with Crippen LogP contribution in [0.25, 0.3) is 0 Å². The van der Waals surface area contributed by atoms with Crippen LogP contribution in [-0.2, 0) is 0 Å². The third kappa shape index (κ3) is 1.50. The summed E-state index contributed by atoms with van der Waals surface area (Å²) in [6.45, 7) is 0. The molecule has 0 N–H and O–H groups in total. The molecule has 0 unspecified atom stereocenters. The SMILES string of the molecule is [2H]c1nc([2H])c(Br)c(C([2H])(F)F)c1[2H]. The van der Waals surface area contributed by atoms with E-state index >= 15 is 0 Å². The molecule has 1 nitrogen and oxygen atoms in total. The maximum atomic E-state index is 12.7. The number of halogens is 3. The molecule has 0 fully saturated rings. The maximum Gasteiger partial charge on any atom is 0.265 e. The summed E-state index contributed by atoms with van der Waals surface area (Å²) in [5.41, 5.74) is -0.998. The second-order valence-corrected chi connectivity index (χ2v) is 2.20. The quantitative estimate of drug-likeness (QED) is 0.697. The molecule has 1 rings (SSSR count). The van der Waals surface area contributed by atoms with E-state index < -0.39 is 34.8 Å². The van der Waals surface area contributed by atoms with Crippen LogP contribution in [0.5, 0.6) is 0 Å². The summed E-state index contributed by atoms with van der Waals surface area (Å²) in [5.74, 6) is 0. The predicted molar refractivity (Wildman–Crippen MR) is 36.9 cm³/mol. The highest BCUT2D eigenvalue weighted by Crippen LogP contribution is 2.25. The number of hydrogen-bond acceptors (Lipinski definition) is 1. The van der Waals surface area contributed by atoms with Gasteiger partial charge in [-0.3, -0.25) is 4.98 Å². The highest BCUT2D eigenvalue weighted by atomic mass is 79.9. The van der Waals surface area contributed by atoms with Crippen molar-refractivity contribution < 1.29 is 14.3 Å². The standard InChI is InChI=1S/C6H4BrF2N/c7-5-3-10-2-1-4(5)6(8)9/h1-3,6H/i1D,2D,3D,6D. The van der Waals surface area contributed by atoms with Gasteiger partial charge in [0.25, 0.3) is 6.40 Å². The van der Waals surface area contributed by atoms with Gasteiger partial charge in [0.1, 0.15) is 1.37 Å². The fraction of sp³-hybridized carbons (Fsp3) is 0.167. The Hall–Kier alpha value is -0.510. The molecule has 4 heteroatoms. The van der Waals surface area contributed by atoms with Crippen LogP contribution in [-0.4, -0.2) is 4.98 Å². The highest BCUT2D eigenvalue weighted by Gasteiger charge is 2.09. The first-order valence-electron chi connectivity index (χ1n) is 4.26. The lowest BCUT2D eigenvalue weighted by Gasteiger charge is -1.99. The van der Waals surface area contributed by atoms with Gasteiger partial charge >= 0.3 is 0 Å². The molecule has 1 aromatic rings. The Labute approximate surface area is 70.8 Å². The average molecular weight is 212 g/mol. The number of hydrogen-bond donors (Lipinski definition) is 0. The Kier molecular flexibility index (Phi) is 1.15. The molecule has 0 saturated heterocycles. The number of nitrogens with zero attached hydrogens (tertiary/aromatic N) is 1. The summed E-state index contributed by atoms with van der Waals surface area (Å²) in [4.78, 5) is 3.23. The van der Waals surface area contributed by atoms with Crippen LogP contribution < -0.4 is 0 Å². The molecule has 0 atom stereocenters. The Bertz CT molecular complexity index is 353. The minimum absolute atomic E-state index is 0.418. The van der Waals surface area contributed by atoms with Crippen LogP contribution >= 0.6 is 15.9 Å². The molecule has 0 amide bonds. The van der Waals surface area contributed by atoms with Crippen molar-refractivity contribution in [2.75, 3.05) is 0 Å². The van der Waals surface area contributed by atoms with E-state index in [-0.39, 0.29) is 0 Å². The normalized spacial score (nSPS) is 17.1. The zero-order valence-corrected chi connectivity index (χ0v) is 6.17. The molecule has 0 aromatic carbocycles. The zero-order chi connectivity index (χ0) is 11.1. The van der Waals surface area contributed by atoms with Gasteiger partial charge in [0.05, 0.1) is 4.11 Å². The van der Waals surface area contributed by atoms with E-state index in [9.17, 15) is 8.78 Å². The van der Waals surface area contributed by atoms with Gasteiger partial charge in [-0.25, -0.2) is 8.78 Å². The Morgan fingerprint density at radius 1 is 1.80 bits per heavy atom. The Morgan fingerprint density at radius 2 is 2.50 bits per heavy atom. The third-order valence-electron chi connectivity index (χ3n) is 0.799. The largest absolute Gasteiger partial charge is 0.265 e. The van der Waals surface area contributed by atoms with Gasteiger partial charge in [-0.1, -0.05) is 0 Å². The lowest BCUT2D eigenvalue weighted by atomic mass is 10.3. The van der Waals surface area contributed by atoms with E-state index in [1.807, 2.05) is 0 Å². The minimum atomic E-state index is -4.01. The maximum absolute atomic E-state index is 12.7. The average Bonchev–Trinajstić information content (AvgIpc) is 1.98. The molecule has 0 aliphatic carbocycles. The lowest BCUT2D eigenvalue weighted by Crippen LogP contribution is -1.85. The van der Waals surface area contributed by atoms with Gasteiger partial charge in [0, 0.05) is 22.4 Å². The van der Waals surface area contributed by atoms with Crippen molar-refractivity contribution in [1.29, 1.82) is 0 Å². The van der Waals surface area contributed by atoms with Gasteiger partial charge in [-0.05, 0) is 22.0 Å². The first-order chi connectivity index (χ1) is 6.25. The van der Waals surface area contributed by atoms with Gasteiger partial charge < -0.3 is 0 Å². The minimum Gasteiger partial charge on any atom is -0.264 e. The van der Waals surface area contributed by atoms with Crippen molar-refractivity contribution in [2.45, 2.75) is 6.40 Å². The predicted octanol–water partition coefficient (Wildman–Crippen LogP) is 2.78. The lowest BCUT2D eigenvalue weighted by molar-refractivity contribution is 0.150. The van der Waals surface area contributed by atoms with Crippen LogP contribution in [0.15, 0.2) is 22.9 Å². The molecule has 54 valence electrons. The first kappa shape index (κ1) is 3.76. The van der Waals surface area contributed by atoms with E-state index in [0.717, 1.165) is 0 Å². The van der Waals surface area contributed by atoms with E-state index in [1.165, 1.54) is 0 Å². The van der Waals surface area contributed by atoms with Crippen LogP contribution in [0.2, 0.25) is 0 Å².